The van der Waals surface area contributed by atoms with E-state index in [-0.39, 0.29) is 10.6 Å². The van der Waals surface area contributed by atoms with Gasteiger partial charge in [0.25, 0.3) is 5.69 Å². The molecule has 78 valence electrons. The Bertz CT molecular complexity index is 316. The van der Waals surface area contributed by atoms with Crippen LogP contribution in [-0.4, -0.2) is 4.92 Å². The lowest BCUT2D eigenvalue weighted by atomic mass is 10.2. The van der Waals surface area contributed by atoms with E-state index in [4.69, 9.17) is 0 Å². The quantitative estimate of drug-likeness (QED) is 0.463. The van der Waals surface area contributed by atoms with E-state index in [2.05, 4.69) is 31.9 Å². The average Bonchev–Trinajstić information content (AvgIpc) is 2.20. The van der Waals surface area contributed by atoms with Crippen LogP contribution in [0, 0.1) is 10.1 Å². The van der Waals surface area contributed by atoms with Crippen molar-refractivity contribution in [3.05, 3.63) is 38.3 Å². The Balaban J connectivity index is 0.000000791. The van der Waals surface area contributed by atoms with Crippen molar-refractivity contribution in [1.82, 2.24) is 0 Å². The zero-order chi connectivity index (χ0) is 11.1. The number of alkyl halides is 1. The second-order valence-electron chi connectivity index (χ2n) is 2.13. The minimum absolute atomic E-state index is 0.140. The number of nitro benzene ring substituents is 1. The van der Waals surface area contributed by atoms with Gasteiger partial charge in [-0.2, -0.15) is 0 Å². The van der Waals surface area contributed by atoms with Gasteiger partial charge in [-0.25, -0.2) is 0 Å². The van der Waals surface area contributed by atoms with E-state index in [9.17, 15) is 10.1 Å². The monoisotopic (exact) mass is 323 g/mol. The lowest BCUT2D eigenvalue weighted by Crippen LogP contribution is -1.93. The standard InChI is InChI=1S/C7H5Br2NO2.C2H6/c8-4-5-6(9)2-1-3-7(5)10(11)12;1-2/h1-3H,4H2;1-2H3. The highest BCUT2D eigenvalue weighted by Crippen LogP contribution is 2.28. The molecule has 0 N–H and O–H groups in total. The molecule has 0 saturated carbocycles. The van der Waals surface area contributed by atoms with E-state index in [1.54, 1.807) is 12.1 Å². The van der Waals surface area contributed by atoms with Gasteiger partial charge in [0.2, 0.25) is 0 Å². The summed E-state index contributed by atoms with van der Waals surface area (Å²) >= 11 is 6.43. The first kappa shape index (κ1) is 13.6. The average molecular weight is 325 g/mol. The Morgan fingerprint density at radius 3 is 2.36 bits per heavy atom. The van der Waals surface area contributed by atoms with E-state index in [0.717, 1.165) is 4.47 Å². The zero-order valence-electron chi connectivity index (χ0n) is 7.96. The largest absolute Gasteiger partial charge is 0.274 e. The first-order valence-electron chi connectivity index (χ1n) is 4.14. The molecule has 0 aliphatic carbocycles. The van der Waals surface area contributed by atoms with Gasteiger partial charge in [-0.15, -0.1) is 0 Å². The van der Waals surface area contributed by atoms with Crippen molar-refractivity contribution >= 4 is 37.5 Å². The summed E-state index contributed by atoms with van der Waals surface area (Å²) < 4.78 is 0.758. The third-order valence-electron chi connectivity index (χ3n) is 1.42. The van der Waals surface area contributed by atoms with Crippen LogP contribution in [-0.2, 0) is 5.33 Å². The first-order valence-corrected chi connectivity index (χ1v) is 6.06. The van der Waals surface area contributed by atoms with Gasteiger partial charge in [0.05, 0.1) is 10.5 Å². The van der Waals surface area contributed by atoms with Crippen molar-refractivity contribution in [2.75, 3.05) is 0 Å². The van der Waals surface area contributed by atoms with E-state index >= 15 is 0 Å². The maximum atomic E-state index is 10.5. The second kappa shape index (κ2) is 6.95. The van der Waals surface area contributed by atoms with Crippen LogP contribution in [0.25, 0.3) is 0 Å². The normalized spacial score (nSPS) is 8.86. The Morgan fingerprint density at radius 2 is 2.00 bits per heavy atom. The maximum Gasteiger partial charge on any atom is 0.274 e. The van der Waals surface area contributed by atoms with Gasteiger partial charge >= 0.3 is 0 Å². The molecule has 0 heterocycles. The van der Waals surface area contributed by atoms with Gasteiger partial charge in [-0.05, 0) is 6.07 Å². The van der Waals surface area contributed by atoms with Crippen LogP contribution in [0.1, 0.15) is 19.4 Å². The summed E-state index contributed by atoms with van der Waals surface area (Å²) in [5.41, 5.74) is 0.809. The summed E-state index contributed by atoms with van der Waals surface area (Å²) in [6.45, 7) is 4.00. The van der Waals surface area contributed by atoms with Gasteiger partial charge in [0, 0.05) is 15.9 Å². The predicted molar refractivity (Wildman–Crippen MR) is 64.8 cm³/mol. The summed E-state index contributed by atoms with van der Waals surface area (Å²) in [5.74, 6) is 0. The van der Waals surface area contributed by atoms with Crippen LogP contribution in [0.2, 0.25) is 0 Å². The fourth-order valence-corrected chi connectivity index (χ4v) is 2.31. The molecule has 0 amide bonds. The van der Waals surface area contributed by atoms with Gasteiger partial charge < -0.3 is 0 Å². The van der Waals surface area contributed by atoms with E-state index in [0.29, 0.717) is 10.9 Å². The molecule has 0 saturated heterocycles. The second-order valence-corrected chi connectivity index (χ2v) is 3.54. The molecule has 5 heteroatoms. The van der Waals surface area contributed by atoms with E-state index in [1.807, 2.05) is 13.8 Å². The minimum Gasteiger partial charge on any atom is -0.258 e. The topological polar surface area (TPSA) is 43.1 Å². The smallest absolute Gasteiger partial charge is 0.258 e. The number of nitrogens with zero attached hydrogens (tertiary/aromatic N) is 1. The third kappa shape index (κ3) is 3.38. The van der Waals surface area contributed by atoms with Crippen molar-refractivity contribution in [3.8, 4) is 0 Å². The van der Waals surface area contributed by atoms with Crippen molar-refractivity contribution in [1.29, 1.82) is 0 Å². The van der Waals surface area contributed by atoms with Crippen LogP contribution in [0.5, 0.6) is 0 Å². The lowest BCUT2D eigenvalue weighted by molar-refractivity contribution is -0.385. The molecule has 0 fully saturated rings. The lowest BCUT2D eigenvalue weighted by Gasteiger charge is -2.00. The van der Waals surface area contributed by atoms with Gasteiger partial charge in [-0.3, -0.25) is 10.1 Å². The molecule has 0 atom stereocenters. The summed E-state index contributed by atoms with van der Waals surface area (Å²) in [7, 11) is 0. The van der Waals surface area contributed by atoms with Crippen molar-refractivity contribution in [3.63, 3.8) is 0 Å². The highest BCUT2D eigenvalue weighted by atomic mass is 79.9. The van der Waals surface area contributed by atoms with Gasteiger partial charge in [-0.1, -0.05) is 51.8 Å². The molecule has 0 radical (unpaired) electrons. The van der Waals surface area contributed by atoms with Gasteiger partial charge in [0.1, 0.15) is 0 Å². The molecule has 0 spiro atoms. The number of rotatable bonds is 2. The number of hydrogen-bond donors (Lipinski definition) is 0. The minimum atomic E-state index is -0.388. The molecule has 0 aromatic heterocycles. The van der Waals surface area contributed by atoms with Crippen LogP contribution in [0.4, 0.5) is 5.69 Å². The summed E-state index contributed by atoms with van der Waals surface area (Å²) in [6.07, 6.45) is 0. The summed E-state index contributed by atoms with van der Waals surface area (Å²) in [4.78, 5) is 10.1. The maximum absolute atomic E-state index is 10.5. The molecule has 0 aliphatic rings. The van der Waals surface area contributed by atoms with E-state index < -0.39 is 0 Å². The number of nitro groups is 1. The van der Waals surface area contributed by atoms with Crippen LogP contribution in [0.3, 0.4) is 0 Å². The number of halogens is 2. The van der Waals surface area contributed by atoms with Crippen molar-refractivity contribution in [2.24, 2.45) is 0 Å². The molecule has 1 aromatic rings. The molecule has 0 aliphatic heterocycles. The molecular weight excluding hydrogens is 314 g/mol. The Labute approximate surface area is 99.9 Å². The first-order chi connectivity index (χ1) is 6.66. The fourth-order valence-electron chi connectivity index (χ4n) is 0.851. The van der Waals surface area contributed by atoms with E-state index in [1.165, 1.54) is 6.07 Å². The van der Waals surface area contributed by atoms with Crippen molar-refractivity contribution in [2.45, 2.75) is 19.2 Å². The highest BCUT2D eigenvalue weighted by molar-refractivity contribution is 9.10. The molecule has 3 nitrogen and oxygen atoms in total. The fraction of sp³-hybridized carbons (Fsp3) is 0.333. The predicted octanol–water partition coefficient (Wildman–Crippen LogP) is 4.28. The molecule has 14 heavy (non-hydrogen) atoms. The van der Waals surface area contributed by atoms with Crippen molar-refractivity contribution < 1.29 is 4.92 Å². The highest BCUT2D eigenvalue weighted by Gasteiger charge is 2.14. The number of hydrogen-bond acceptors (Lipinski definition) is 2. The molecule has 1 rings (SSSR count). The number of benzene rings is 1. The summed E-state index contributed by atoms with van der Waals surface area (Å²) in [5, 5.41) is 11.0. The third-order valence-corrected chi connectivity index (χ3v) is 2.73. The van der Waals surface area contributed by atoms with Crippen LogP contribution in [0.15, 0.2) is 22.7 Å². The molecule has 0 unspecified atom stereocenters. The Kier molecular flexibility index (Phi) is 6.74. The Morgan fingerprint density at radius 1 is 1.43 bits per heavy atom. The molecular formula is C9H11Br2NO2. The Hall–Kier alpha value is -0.420. The molecule has 1 aromatic carbocycles. The zero-order valence-corrected chi connectivity index (χ0v) is 11.1. The SMILES string of the molecule is CC.O=[N+]([O-])c1cccc(Br)c1CBr. The summed E-state index contributed by atoms with van der Waals surface area (Å²) in [6, 6.07) is 4.92. The van der Waals surface area contributed by atoms with Gasteiger partial charge in [0.15, 0.2) is 0 Å². The van der Waals surface area contributed by atoms with Crippen LogP contribution < -0.4 is 0 Å². The molecule has 0 bridgehead atoms. The van der Waals surface area contributed by atoms with Crippen LogP contribution >= 0.6 is 31.9 Å².